The lowest BCUT2D eigenvalue weighted by Crippen LogP contribution is -2.40. The molecule has 5 heteroatoms. The number of hydrazine groups is 1. The number of aliphatic hydroxyl groups excluding tert-OH is 1. The summed E-state index contributed by atoms with van der Waals surface area (Å²) in [6, 6.07) is 3.78. The van der Waals surface area contributed by atoms with Gasteiger partial charge in [-0.1, -0.05) is 0 Å². The fourth-order valence-corrected chi connectivity index (χ4v) is 2.67. The van der Waals surface area contributed by atoms with Gasteiger partial charge < -0.3 is 9.52 Å². The first kappa shape index (κ1) is 9.86. The molecule has 0 aliphatic carbocycles. The summed E-state index contributed by atoms with van der Waals surface area (Å²) in [6.07, 6.45) is 2.92. The molecule has 2 fully saturated rings. The Bertz CT molecular complexity index is 390. The van der Waals surface area contributed by atoms with E-state index in [2.05, 4.69) is 0 Å². The van der Waals surface area contributed by atoms with Crippen LogP contribution in [-0.4, -0.2) is 40.2 Å². The third-order valence-corrected chi connectivity index (χ3v) is 3.37. The smallest absolute Gasteiger partial charge is 0.238 e. The van der Waals surface area contributed by atoms with E-state index in [9.17, 15) is 9.90 Å². The molecule has 0 bridgehead atoms. The van der Waals surface area contributed by atoms with Crippen LogP contribution >= 0.6 is 0 Å². The molecule has 5 nitrogen and oxygen atoms in total. The molecular weight excluding hydrogens is 208 g/mol. The van der Waals surface area contributed by atoms with Gasteiger partial charge in [-0.15, -0.1) is 0 Å². The van der Waals surface area contributed by atoms with Crippen LogP contribution in [-0.2, 0) is 4.79 Å². The molecule has 3 rings (SSSR count). The maximum absolute atomic E-state index is 11.7. The second-order valence-electron chi connectivity index (χ2n) is 4.25. The first-order valence-electron chi connectivity index (χ1n) is 5.54. The molecule has 2 atom stereocenters. The molecule has 1 N–H and O–H groups in total. The first-order chi connectivity index (χ1) is 7.81. The van der Waals surface area contributed by atoms with Crippen molar-refractivity contribution in [1.29, 1.82) is 0 Å². The van der Waals surface area contributed by atoms with Crippen molar-refractivity contribution in [1.82, 2.24) is 10.0 Å². The van der Waals surface area contributed by atoms with Gasteiger partial charge in [-0.05, 0) is 18.6 Å². The molecule has 2 saturated heterocycles. The van der Waals surface area contributed by atoms with Gasteiger partial charge >= 0.3 is 0 Å². The van der Waals surface area contributed by atoms with Crippen molar-refractivity contribution in [3.63, 3.8) is 0 Å². The molecule has 3 heterocycles. The summed E-state index contributed by atoms with van der Waals surface area (Å²) in [6.45, 7) is 0.736. The molecule has 0 spiro atoms. The van der Waals surface area contributed by atoms with Crippen molar-refractivity contribution < 1.29 is 14.3 Å². The van der Waals surface area contributed by atoms with E-state index >= 15 is 0 Å². The molecule has 2 aliphatic heterocycles. The Kier molecular flexibility index (Phi) is 2.22. The summed E-state index contributed by atoms with van der Waals surface area (Å²) in [5, 5.41) is 13.0. The Morgan fingerprint density at radius 2 is 2.44 bits per heavy atom. The molecule has 86 valence electrons. The van der Waals surface area contributed by atoms with Gasteiger partial charge in [-0.3, -0.25) is 9.80 Å². The number of aliphatic hydroxyl groups is 1. The highest BCUT2D eigenvalue weighted by Crippen LogP contribution is 2.39. The Labute approximate surface area is 93.2 Å². The predicted octanol–water partition coefficient (Wildman–Crippen LogP) is 0.535. The van der Waals surface area contributed by atoms with Gasteiger partial charge in [0.15, 0.2) is 0 Å². The van der Waals surface area contributed by atoms with Crippen molar-refractivity contribution in [3.8, 4) is 0 Å². The minimum Gasteiger partial charge on any atom is -0.468 e. The largest absolute Gasteiger partial charge is 0.468 e. The summed E-state index contributed by atoms with van der Waals surface area (Å²) < 4.78 is 5.39. The fraction of sp³-hybridized carbons (Fsp3) is 0.545. The molecule has 1 amide bonds. The molecule has 1 aromatic heterocycles. The SMILES string of the molecule is O=C1CCN2[C@@H](c3ccco3)C[C@H](CO)N12. The van der Waals surface area contributed by atoms with Gasteiger partial charge in [-0.2, -0.15) is 0 Å². The monoisotopic (exact) mass is 222 g/mol. The van der Waals surface area contributed by atoms with Crippen LogP contribution in [0.15, 0.2) is 22.8 Å². The van der Waals surface area contributed by atoms with Crippen LogP contribution in [0.2, 0.25) is 0 Å². The Balaban J connectivity index is 1.90. The molecular formula is C11H14N2O3. The van der Waals surface area contributed by atoms with Gasteiger partial charge in [0.25, 0.3) is 0 Å². The van der Waals surface area contributed by atoms with Crippen LogP contribution in [0.5, 0.6) is 0 Å². The van der Waals surface area contributed by atoms with E-state index in [0.717, 1.165) is 18.7 Å². The van der Waals surface area contributed by atoms with Crippen LogP contribution in [0.1, 0.15) is 24.6 Å². The van der Waals surface area contributed by atoms with Crippen molar-refractivity contribution in [2.45, 2.75) is 24.9 Å². The zero-order valence-electron chi connectivity index (χ0n) is 8.87. The van der Waals surface area contributed by atoms with Gasteiger partial charge in [0.05, 0.1) is 25.0 Å². The zero-order chi connectivity index (χ0) is 11.1. The number of hydrogen-bond acceptors (Lipinski definition) is 4. The van der Waals surface area contributed by atoms with Gasteiger partial charge in [0, 0.05) is 13.0 Å². The van der Waals surface area contributed by atoms with E-state index in [0.29, 0.717) is 6.42 Å². The third kappa shape index (κ3) is 1.28. The maximum Gasteiger partial charge on any atom is 0.238 e. The van der Waals surface area contributed by atoms with Crippen molar-refractivity contribution in [2.75, 3.05) is 13.2 Å². The molecule has 0 saturated carbocycles. The number of amides is 1. The normalized spacial score (nSPS) is 30.1. The number of fused-ring (bicyclic) bond motifs is 1. The van der Waals surface area contributed by atoms with Gasteiger partial charge in [0.1, 0.15) is 5.76 Å². The Hall–Kier alpha value is -1.33. The van der Waals surface area contributed by atoms with Crippen LogP contribution in [0.4, 0.5) is 0 Å². The quantitative estimate of drug-likeness (QED) is 0.793. The highest BCUT2D eigenvalue weighted by Gasteiger charge is 2.46. The number of rotatable bonds is 2. The second-order valence-corrected chi connectivity index (χ2v) is 4.25. The summed E-state index contributed by atoms with van der Waals surface area (Å²) in [7, 11) is 0. The first-order valence-corrected chi connectivity index (χ1v) is 5.54. The average Bonchev–Trinajstić information content (AvgIpc) is 2.96. The second kappa shape index (κ2) is 3.61. The summed E-state index contributed by atoms with van der Waals surface area (Å²) in [4.78, 5) is 11.7. The Morgan fingerprint density at radius 3 is 3.12 bits per heavy atom. The van der Waals surface area contributed by atoms with Gasteiger partial charge in [0.2, 0.25) is 5.91 Å². The lowest BCUT2D eigenvalue weighted by Gasteiger charge is -2.25. The number of hydrogen-bond donors (Lipinski definition) is 1. The van der Waals surface area contributed by atoms with Gasteiger partial charge in [-0.25, -0.2) is 5.01 Å². The molecule has 0 aromatic carbocycles. The van der Waals surface area contributed by atoms with E-state index in [4.69, 9.17) is 4.42 Å². The maximum atomic E-state index is 11.7. The summed E-state index contributed by atoms with van der Waals surface area (Å²) in [5.74, 6) is 0.976. The van der Waals surface area contributed by atoms with E-state index in [1.807, 2.05) is 17.1 Å². The predicted molar refractivity (Wildman–Crippen MR) is 55.1 cm³/mol. The van der Waals surface area contributed by atoms with Crippen LogP contribution in [0.3, 0.4) is 0 Å². The van der Waals surface area contributed by atoms with Crippen LogP contribution in [0, 0.1) is 0 Å². The highest BCUT2D eigenvalue weighted by atomic mass is 16.3. The molecule has 2 aliphatic rings. The topological polar surface area (TPSA) is 56.9 Å². The van der Waals surface area contributed by atoms with E-state index in [1.165, 1.54) is 0 Å². The van der Waals surface area contributed by atoms with E-state index < -0.39 is 0 Å². The summed E-state index contributed by atoms with van der Waals surface area (Å²) >= 11 is 0. The lowest BCUT2D eigenvalue weighted by molar-refractivity contribution is -0.139. The number of nitrogens with zero attached hydrogens (tertiary/aromatic N) is 2. The third-order valence-electron chi connectivity index (χ3n) is 3.37. The molecule has 16 heavy (non-hydrogen) atoms. The van der Waals surface area contributed by atoms with E-state index in [-0.39, 0.29) is 24.6 Å². The fourth-order valence-electron chi connectivity index (χ4n) is 2.67. The minimum absolute atomic E-state index is 0.0133. The molecule has 0 radical (unpaired) electrons. The molecule has 1 aromatic rings. The highest BCUT2D eigenvalue weighted by molar-refractivity contribution is 5.78. The Morgan fingerprint density at radius 1 is 1.56 bits per heavy atom. The molecule has 0 unspecified atom stereocenters. The van der Waals surface area contributed by atoms with Crippen molar-refractivity contribution in [3.05, 3.63) is 24.2 Å². The van der Waals surface area contributed by atoms with Crippen LogP contribution < -0.4 is 0 Å². The lowest BCUT2D eigenvalue weighted by atomic mass is 10.1. The van der Waals surface area contributed by atoms with Crippen molar-refractivity contribution in [2.24, 2.45) is 0 Å². The number of carbonyl (C=O) groups excluding carboxylic acids is 1. The van der Waals surface area contributed by atoms with E-state index in [1.54, 1.807) is 11.3 Å². The number of furan rings is 1. The average molecular weight is 222 g/mol. The summed E-state index contributed by atoms with van der Waals surface area (Å²) in [5.41, 5.74) is 0. The standard InChI is InChI=1S/C11H14N2O3/c14-7-8-6-9(10-2-1-5-16-10)12-4-3-11(15)13(8)12/h1-2,5,8-9,14H,3-4,6-7H2/t8-,9-/m1/s1. The minimum atomic E-state index is -0.0925. The number of carbonyl (C=O) groups is 1. The van der Waals surface area contributed by atoms with Crippen LogP contribution in [0.25, 0.3) is 0 Å². The zero-order valence-corrected chi connectivity index (χ0v) is 8.87. The van der Waals surface area contributed by atoms with Crippen molar-refractivity contribution >= 4 is 5.91 Å².